The third-order valence-corrected chi connectivity index (χ3v) is 3.06. The standard InChI is InChI=1S/C16H13ClN2O2/c1-11-2-3-12(9-18)8-15(11)21-10-16(20)19-14-6-4-13(17)5-7-14/h2-8H,10H2,1H3,(H,19,20). The van der Waals surface area contributed by atoms with Gasteiger partial charge in [0.15, 0.2) is 6.61 Å². The average Bonchev–Trinajstić information content (AvgIpc) is 2.49. The molecular formula is C16H13ClN2O2. The minimum atomic E-state index is -0.279. The van der Waals surface area contributed by atoms with Gasteiger partial charge < -0.3 is 10.1 Å². The second-order valence-electron chi connectivity index (χ2n) is 4.44. The number of carbonyl (C=O) groups excluding carboxylic acids is 1. The highest BCUT2D eigenvalue weighted by Gasteiger charge is 2.06. The normalized spacial score (nSPS) is 9.76. The number of anilines is 1. The monoisotopic (exact) mass is 300 g/mol. The van der Waals surface area contributed by atoms with E-state index in [0.717, 1.165) is 5.56 Å². The summed E-state index contributed by atoms with van der Waals surface area (Å²) in [7, 11) is 0. The van der Waals surface area contributed by atoms with Crippen molar-refractivity contribution in [3.05, 3.63) is 58.6 Å². The number of nitriles is 1. The van der Waals surface area contributed by atoms with Crippen LogP contribution < -0.4 is 10.1 Å². The molecule has 2 rings (SSSR count). The molecule has 0 saturated heterocycles. The summed E-state index contributed by atoms with van der Waals surface area (Å²) in [6, 6.07) is 13.9. The van der Waals surface area contributed by atoms with Crippen molar-refractivity contribution in [3.63, 3.8) is 0 Å². The van der Waals surface area contributed by atoms with Gasteiger partial charge in [-0.3, -0.25) is 4.79 Å². The average molecular weight is 301 g/mol. The maximum absolute atomic E-state index is 11.8. The quantitative estimate of drug-likeness (QED) is 0.939. The number of carbonyl (C=O) groups is 1. The fourth-order valence-corrected chi connectivity index (χ4v) is 1.82. The smallest absolute Gasteiger partial charge is 0.262 e. The Morgan fingerprint density at radius 2 is 2.00 bits per heavy atom. The first-order valence-electron chi connectivity index (χ1n) is 6.27. The molecule has 0 saturated carbocycles. The zero-order valence-corrected chi connectivity index (χ0v) is 12.1. The Balaban J connectivity index is 1.95. The molecule has 0 radical (unpaired) electrons. The van der Waals surface area contributed by atoms with Gasteiger partial charge in [0, 0.05) is 10.7 Å². The van der Waals surface area contributed by atoms with Gasteiger partial charge in [-0.1, -0.05) is 17.7 Å². The third-order valence-electron chi connectivity index (χ3n) is 2.80. The minimum absolute atomic E-state index is 0.127. The van der Waals surface area contributed by atoms with Crippen molar-refractivity contribution in [1.29, 1.82) is 5.26 Å². The summed E-state index contributed by atoms with van der Waals surface area (Å²) in [5.41, 5.74) is 2.01. The first-order valence-corrected chi connectivity index (χ1v) is 6.65. The Bertz CT molecular complexity index is 690. The predicted molar refractivity (Wildman–Crippen MR) is 81.5 cm³/mol. The molecule has 0 aliphatic rings. The van der Waals surface area contributed by atoms with Crippen LogP contribution in [0.15, 0.2) is 42.5 Å². The summed E-state index contributed by atoms with van der Waals surface area (Å²) in [4.78, 5) is 11.8. The summed E-state index contributed by atoms with van der Waals surface area (Å²) in [6.07, 6.45) is 0. The number of halogens is 1. The van der Waals surface area contributed by atoms with Gasteiger partial charge in [-0.25, -0.2) is 0 Å². The number of hydrogen-bond donors (Lipinski definition) is 1. The zero-order chi connectivity index (χ0) is 15.2. The minimum Gasteiger partial charge on any atom is -0.483 e. The van der Waals surface area contributed by atoms with Crippen molar-refractivity contribution < 1.29 is 9.53 Å². The molecule has 0 aliphatic carbocycles. The molecule has 0 fully saturated rings. The number of rotatable bonds is 4. The van der Waals surface area contributed by atoms with Crippen molar-refractivity contribution in [2.24, 2.45) is 0 Å². The van der Waals surface area contributed by atoms with E-state index >= 15 is 0 Å². The Labute approximate surface area is 127 Å². The summed E-state index contributed by atoms with van der Waals surface area (Å²) in [5.74, 6) is 0.249. The van der Waals surface area contributed by atoms with Crippen LogP contribution in [0.25, 0.3) is 0 Å². The lowest BCUT2D eigenvalue weighted by Crippen LogP contribution is -2.20. The fraction of sp³-hybridized carbons (Fsp3) is 0.125. The van der Waals surface area contributed by atoms with Crippen LogP contribution in [0.3, 0.4) is 0 Å². The molecule has 1 amide bonds. The van der Waals surface area contributed by atoms with E-state index < -0.39 is 0 Å². The molecule has 21 heavy (non-hydrogen) atoms. The van der Waals surface area contributed by atoms with Gasteiger partial charge in [0.25, 0.3) is 5.91 Å². The van der Waals surface area contributed by atoms with Gasteiger partial charge in [-0.2, -0.15) is 5.26 Å². The van der Waals surface area contributed by atoms with Gasteiger partial charge in [0.1, 0.15) is 5.75 Å². The van der Waals surface area contributed by atoms with Gasteiger partial charge in [0.05, 0.1) is 11.6 Å². The maximum Gasteiger partial charge on any atom is 0.262 e. The predicted octanol–water partition coefficient (Wildman–Crippen LogP) is 3.54. The van der Waals surface area contributed by atoms with E-state index in [1.165, 1.54) is 0 Å². The zero-order valence-electron chi connectivity index (χ0n) is 11.4. The Morgan fingerprint density at radius 1 is 1.29 bits per heavy atom. The van der Waals surface area contributed by atoms with Crippen molar-refractivity contribution in [1.82, 2.24) is 0 Å². The summed E-state index contributed by atoms with van der Waals surface area (Å²) < 4.78 is 5.45. The lowest BCUT2D eigenvalue weighted by molar-refractivity contribution is -0.118. The maximum atomic E-state index is 11.8. The van der Waals surface area contributed by atoms with Gasteiger partial charge in [-0.15, -0.1) is 0 Å². The van der Waals surface area contributed by atoms with Crippen LogP contribution in [0.5, 0.6) is 5.75 Å². The Kier molecular flexibility index (Phi) is 4.81. The SMILES string of the molecule is Cc1ccc(C#N)cc1OCC(=O)Nc1ccc(Cl)cc1. The number of amides is 1. The third kappa shape index (κ3) is 4.23. The molecule has 0 aliphatic heterocycles. The number of hydrogen-bond acceptors (Lipinski definition) is 3. The van der Waals surface area contributed by atoms with E-state index in [9.17, 15) is 4.79 Å². The summed E-state index contributed by atoms with van der Waals surface area (Å²) in [5, 5.41) is 12.2. The second kappa shape index (κ2) is 6.78. The van der Waals surface area contributed by atoms with Crippen molar-refractivity contribution >= 4 is 23.2 Å². The topological polar surface area (TPSA) is 62.1 Å². The van der Waals surface area contributed by atoms with E-state index in [0.29, 0.717) is 22.0 Å². The first-order chi connectivity index (χ1) is 10.1. The fourth-order valence-electron chi connectivity index (χ4n) is 1.70. The number of benzene rings is 2. The van der Waals surface area contributed by atoms with Crippen LogP contribution in [0.2, 0.25) is 5.02 Å². The lowest BCUT2D eigenvalue weighted by atomic mass is 10.1. The first kappa shape index (κ1) is 14.9. The molecule has 0 spiro atoms. The molecule has 0 bridgehead atoms. The van der Waals surface area contributed by atoms with Gasteiger partial charge in [0.2, 0.25) is 0 Å². The molecule has 1 N–H and O–H groups in total. The number of ether oxygens (including phenoxy) is 1. The number of nitrogens with one attached hydrogen (secondary N) is 1. The van der Waals surface area contributed by atoms with E-state index in [2.05, 4.69) is 5.32 Å². The van der Waals surface area contributed by atoms with Crippen molar-refractivity contribution in [3.8, 4) is 11.8 Å². The summed E-state index contributed by atoms with van der Waals surface area (Å²) in [6.45, 7) is 1.73. The molecule has 106 valence electrons. The van der Waals surface area contributed by atoms with Crippen LogP contribution in [0.4, 0.5) is 5.69 Å². The van der Waals surface area contributed by atoms with E-state index in [1.807, 2.05) is 13.0 Å². The van der Waals surface area contributed by atoms with Crippen molar-refractivity contribution in [2.45, 2.75) is 6.92 Å². The Hall–Kier alpha value is -2.51. The van der Waals surface area contributed by atoms with Crippen LogP contribution >= 0.6 is 11.6 Å². The molecular weight excluding hydrogens is 288 g/mol. The highest BCUT2D eigenvalue weighted by atomic mass is 35.5. The van der Waals surface area contributed by atoms with E-state index in [1.54, 1.807) is 42.5 Å². The highest BCUT2D eigenvalue weighted by Crippen LogP contribution is 2.19. The molecule has 0 heterocycles. The molecule has 2 aromatic rings. The van der Waals surface area contributed by atoms with Crippen molar-refractivity contribution in [2.75, 3.05) is 11.9 Å². The van der Waals surface area contributed by atoms with Crippen LogP contribution in [-0.4, -0.2) is 12.5 Å². The Morgan fingerprint density at radius 3 is 2.67 bits per heavy atom. The second-order valence-corrected chi connectivity index (χ2v) is 4.87. The summed E-state index contributed by atoms with van der Waals surface area (Å²) >= 11 is 5.77. The van der Waals surface area contributed by atoms with Gasteiger partial charge >= 0.3 is 0 Å². The van der Waals surface area contributed by atoms with E-state index in [-0.39, 0.29) is 12.5 Å². The molecule has 0 atom stereocenters. The van der Waals surface area contributed by atoms with E-state index in [4.69, 9.17) is 21.6 Å². The van der Waals surface area contributed by atoms with Crippen LogP contribution in [0.1, 0.15) is 11.1 Å². The number of aryl methyl sites for hydroxylation is 1. The lowest BCUT2D eigenvalue weighted by Gasteiger charge is -2.10. The highest BCUT2D eigenvalue weighted by molar-refractivity contribution is 6.30. The largest absolute Gasteiger partial charge is 0.483 e. The van der Waals surface area contributed by atoms with Crippen LogP contribution in [-0.2, 0) is 4.79 Å². The number of nitrogens with zero attached hydrogens (tertiary/aromatic N) is 1. The van der Waals surface area contributed by atoms with Gasteiger partial charge in [-0.05, 0) is 48.9 Å². The van der Waals surface area contributed by atoms with Crippen LogP contribution in [0, 0.1) is 18.3 Å². The molecule has 4 nitrogen and oxygen atoms in total. The molecule has 0 unspecified atom stereocenters. The molecule has 5 heteroatoms. The molecule has 2 aromatic carbocycles. The molecule has 0 aromatic heterocycles.